The van der Waals surface area contributed by atoms with Crippen molar-refractivity contribution in [3.63, 3.8) is 0 Å². The van der Waals surface area contributed by atoms with Gasteiger partial charge in [0.2, 0.25) is 0 Å². The number of hydrogen-bond acceptors (Lipinski definition) is 1. The number of carbonyl (C=O) groups excluding carboxylic acids is 1. The molecule has 1 nitrogen and oxygen atoms in total. The second kappa shape index (κ2) is 3.56. The molecule has 0 aliphatic heterocycles. The SMILES string of the molecule is CC1=CC[C@H]2C(C)(C)CC(Br)=C[C@]2(C)C1=O. The van der Waals surface area contributed by atoms with E-state index in [1.807, 2.05) is 6.92 Å². The van der Waals surface area contributed by atoms with Crippen molar-refractivity contribution in [2.75, 3.05) is 0 Å². The number of rotatable bonds is 0. The highest BCUT2D eigenvalue weighted by Crippen LogP contribution is 2.55. The van der Waals surface area contributed by atoms with Crippen LogP contribution in [0.25, 0.3) is 0 Å². The molecule has 0 amide bonds. The monoisotopic (exact) mass is 282 g/mol. The molecule has 0 aromatic heterocycles. The summed E-state index contributed by atoms with van der Waals surface area (Å²) in [6.45, 7) is 8.57. The van der Waals surface area contributed by atoms with E-state index >= 15 is 0 Å². The highest BCUT2D eigenvalue weighted by atomic mass is 79.9. The second-order valence-corrected chi connectivity index (χ2v) is 7.06. The molecular weight excluding hydrogens is 264 g/mol. The van der Waals surface area contributed by atoms with Crippen LogP contribution in [-0.4, -0.2) is 5.78 Å². The normalized spacial score (nSPS) is 37.6. The first kappa shape index (κ1) is 12.1. The first-order chi connectivity index (χ1) is 7.27. The summed E-state index contributed by atoms with van der Waals surface area (Å²) < 4.78 is 1.18. The Morgan fingerprint density at radius 1 is 1.38 bits per heavy atom. The summed E-state index contributed by atoms with van der Waals surface area (Å²) >= 11 is 3.60. The Labute approximate surface area is 106 Å². The standard InChI is InChI=1S/C14H19BrO/c1-9-5-6-11-13(2,3)7-10(15)8-14(11,4)12(9)16/h5,8,11H,6-7H2,1-4H3/t11-,14-/m0/s1. The molecule has 0 aromatic rings. The van der Waals surface area contributed by atoms with Crippen LogP contribution in [0.5, 0.6) is 0 Å². The molecule has 2 aliphatic rings. The van der Waals surface area contributed by atoms with Crippen LogP contribution in [0.15, 0.2) is 22.2 Å². The first-order valence-corrected chi connectivity index (χ1v) is 6.65. The molecule has 2 heteroatoms. The van der Waals surface area contributed by atoms with Gasteiger partial charge in [0, 0.05) is 0 Å². The second-order valence-electron chi connectivity index (χ2n) is 6.04. The summed E-state index contributed by atoms with van der Waals surface area (Å²) in [4.78, 5) is 12.4. The van der Waals surface area contributed by atoms with Crippen molar-refractivity contribution >= 4 is 21.7 Å². The zero-order valence-corrected chi connectivity index (χ0v) is 12.0. The summed E-state index contributed by atoms with van der Waals surface area (Å²) in [6.07, 6.45) is 6.32. The van der Waals surface area contributed by atoms with Crippen molar-refractivity contribution in [2.24, 2.45) is 16.7 Å². The van der Waals surface area contributed by atoms with Gasteiger partial charge in [0.1, 0.15) is 0 Å². The molecule has 2 rings (SSSR count). The van der Waals surface area contributed by atoms with E-state index in [4.69, 9.17) is 0 Å². The molecule has 2 aliphatic carbocycles. The van der Waals surface area contributed by atoms with Crippen molar-refractivity contribution in [1.29, 1.82) is 0 Å². The predicted molar refractivity (Wildman–Crippen MR) is 70.4 cm³/mol. The van der Waals surface area contributed by atoms with Crippen LogP contribution in [0.3, 0.4) is 0 Å². The van der Waals surface area contributed by atoms with Crippen molar-refractivity contribution in [2.45, 2.75) is 40.5 Å². The van der Waals surface area contributed by atoms with Crippen molar-refractivity contribution in [3.8, 4) is 0 Å². The van der Waals surface area contributed by atoms with E-state index < -0.39 is 0 Å². The molecule has 0 saturated heterocycles. The van der Waals surface area contributed by atoms with Gasteiger partial charge in [-0.05, 0) is 48.1 Å². The Balaban J connectivity index is 2.55. The van der Waals surface area contributed by atoms with Crippen LogP contribution in [0.4, 0.5) is 0 Å². The highest BCUT2D eigenvalue weighted by molar-refractivity contribution is 9.11. The third-order valence-electron chi connectivity index (χ3n) is 4.26. The number of halogens is 1. The maximum absolute atomic E-state index is 12.4. The van der Waals surface area contributed by atoms with Gasteiger partial charge >= 0.3 is 0 Å². The van der Waals surface area contributed by atoms with Gasteiger partial charge in [-0.1, -0.05) is 41.9 Å². The topological polar surface area (TPSA) is 17.1 Å². The summed E-state index contributed by atoms with van der Waals surface area (Å²) in [5.41, 5.74) is 0.808. The number of allylic oxidation sites excluding steroid dienone is 4. The molecule has 16 heavy (non-hydrogen) atoms. The number of hydrogen-bond donors (Lipinski definition) is 0. The van der Waals surface area contributed by atoms with E-state index in [1.54, 1.807) is 0 Å². The van der Waals surface area contributed by atoms with Crippen LogP contribution < -0.4 is 0 Å². The lowest BCUT2D eigenvalue weighted by Gasteiger charge is -2.49. The molecule has 0 bridgehead atoms. The van der Waals surface area contributed by atoms with E-state index in [0.717, 1.165) is 18.4 Å². The first-order valence-electron chi connectivity index (χ1n) is 5.86. The van der Waals surface area contributed by atoms with Crippen LogP contribution in [0.1, 0.15) is 40.5 Å². The predicted octanol–water partition coefficient (Wildman–Crippen LogP) is 4.24. The summed E-state index contributed by atoms with van der Waals surface area (Å²) in [5.74, 6) is 0.728. The summed E-state index contributed by atoms with van der Waals surface area (Å²) in [5, 5.41) is 0. The molecule has 2 atom stereocenters. The molecule has 0 unspecified atom stereocenters. The van der Waals surface area contributed by atoms with Gasteiger partial charge in [-0.3, -0.25) is 4.79 Å². The van der Waals surface area contributed by atoms with E-state index in [-0.39, 0.29) is 10.8 Å². The van der Waals surface area contributed by atoms with E-state index in [0.29, 0.717) is 11.7 Å². The minimum Gasteiger partial charge on any atom is -0.294 e. The highest BCUT2D eigenvalue weighted by Gasteiger charge is 2.51. The lowest BCUT2D eigenvalue weighted by atomic mass is 9.54. The Morgan fingerprint density at radius 2 is 2.00 bits per heavy atom. The molecule has 0 fully saturated rings. The molecule has 0 aromatic carbocycles. The fourth-order valence-corrected chi connectivity index (χ4v) is 4.65. The maximum Gasteiger partial charge on any atom is 0.168 e. The average Bonchev–Trinajstić information content (AvgIpc) is 2.11. The number of ketones is 1. The van der Waals surface area contributed by atoms with Gasteiger partial charge in [0.15, 0.2) is 5.78 Å². The minimum atomic E-state index is -0.306. The maximum atomic E-state index is 12.4. The van der Waals surface area contributed by atoms with Gasteiger partial charge in [-0.25, -0.2) is 0 Å². The van der Waals surface area contributed by atoms with Gasteiger partial charge in [-0.15, -0.1) is 0 Å². The van der Waals surface area contributed by atoms with Crippen LogP contribution in [0.2, 0.25) is 0 Å². The summed E-state index contributed by atoms with van der Waals surface area (Å²) in [7, 11) is 0. The zero-order chi connectivity index (χ0) is 12.1. The molecule has 0 heterocycles. The van der Waals surface area contributed by atoms with Gasteiger partial charge < -0.3 is 0 Å². The summed E-state index contributed by atoms with van der Waals surface area (Å²) in [6, 6.07) is 0. The fourth-order valence-electron chi connectivity index (χ4n) is 3.45. The average molecular weight is 283 g/mol. The zero-order valence-electron chi connectivity index (χ0n) is 10.4. The smallest absolute Gasteiger partial charge is 0.168 e. The van der Waals surface area contributed by atoms with Crippen LogP contribution >= 0.6 is 15.9 Å². The molecule has 0 spiro atoms. The minimum absolute atomic E-state index is 0.190. The van der Waals surface area contributed by atoms with Gasteiger partial charge in [0.05, 0.1) is 5.41 Å². The number of fused-ring (bicyclic) bond motifs is 1. The number of Topliss-reactive ketones (excluding diaryl/α,β-unsaturated/α-hetero) is 1. The van der Waals surface area contributed by atoms with Gasteiger partial charge in [-0.2, -0.15) is 0 Å². The molecule has 88 valence electrons. The van der Waals surface area contributed by atoms with E-state index in [1.165, 1.54) is 4.48 Å². The Bertz CT molecular complexity index is 403. The third-order valence-corrected chi connectivity index (χ3v) is 4.76. The third kappa shape index (κ3) is 1.62. The lowest BCUT2D eigenvalue weighted by Crippen LogP contribution is -2.47. The molecular formula is C14H19BrO. The van der Waals surface area contributed by atoms with E-state index in [9.17, 15) is 4.79 Å². The molecule has 0 radical (unpaired) electrons. The van der Waals surface area contributed by atoms with Crippen LogP contribution in [0, 0.1) is 16.7 Å². The Hall–Kier alpha value is -0.370. The fraction of sp³-hybridized carbons (Fsp3) is 0.643. The Kier molecular flexibility index (Phi) is 2.69. The number of carbonyl (C=O) groups is 1. The molecule has 0 N–H and O–H groups in total. The lowest BCUT2D eigenvalue weighted by molar-refractivity contribution is -0.128. The quantitative estimate of drug-likeness (QED) is 0.650. The van der Waals surface area contributed by atoms with Crippen LogP contribution in [-0.2, 0) is 4.79 Å². The largest absolute Gasteiger partial charge is 0.294 e. The van der Waals surface area contributed by atoms with Crippen molar-refractivity contribution in [1.82, 2.24) is 0 Å². The van der Waals surface area contributed by atoms with E-state index in [2.05, 4.69) is 48.9 Å². The van der Waals surface area contributed by atoms with Crippen molar-refractivity contribution < 1.29 is 4.79 Å². The van der Waals surface area contributed by atoms with Gasteiger partial charge in [0.25, 0.3) is 0 Å². The van der Waals surface area contributed by atoms with Crippen molar-refractivity contribution in [3.05, 3.63) is 22.2 Å². The molecule has 0 saturated carbocycles. The Morgan fingerprint density at radius 3 is 2.62 bits per heavy atom.